The van der Waals surface area contributed by atoms with Crippen LogP contribution in [0.3, 0.4) is 0 Å². The fourth-order valence-electron chi connectivity index (χ4n) is 2.17. The second-order valence-corrected chi connectivity index (χ2v) is 4.81. The molecule has 1 N–H and O–H groups in total. The quantitative estimate of drug-likeness (QED) is 0.687. The predicted octanol–water partition coefficient (Wildman–Crippen LogP) is 2.79. The zero-order chi connectivity index (χ0) is 16.6. The van der Waals surface area contributed by atoms with E-state index in [1.165, 1.54) is 24.3 Å². The van der Waals surface area contributed by atoms with Crippen molar-refractivity contribution >= 4 is 22.9 Å². The van der Waals surface area contributed by atoms with Gasteiger partial charge in [0.15, 0.2) is 5.84 Å². The average molecular weight is 314 g/mol. The number of hydrogen-bond donors (Lipinski definition) is 1. The lowest BCUT2D eigenvalue weighted by Gasteiger charge is -2.19. The molecule has 0 aromatic heterocycles. The normalized spacial score (nSPS) is 12.5. The van der Waals surface area contributed by atoms with Gasteiger partial charge in [-0.1, -0.05) is 18.2 Å². The van der Waals surface area contributed by atoms with Gasteiger partial charge in [0, 0.05) is 23.8 Å². The van der Waals surface area contributed by atoms with Crippen LogP contribution in [0.15, 0.2) is 41.4 Å². The summed E-state index contributed by atoms with van der Waals surface area (Å²) in [6.45, 7) is 1.74. The minimum atomic E-state index is -0.562. The van der Waals surface area contributed by atoms with Gasteiger partial charge < -0.3 is 4.84 Å². The molecule has 1 heterocycles. The van der Waals surface area contributed by atoms with Crippen LogP contribution in [-0.2, 0) is 0 Å². The van der Waals surface area contributed by atoms with E-state index in [2.05, 4.69) is 10.5 Å². The summed E-state index contributed by atoms with van der Waals surface area (Å²) in [5.74, 6) is 0.258. The molecular weight excluding hydrogens is 304 g/mol. The maximum absolute atomic E-state index is 11.0. The van der Waals surface area contributed by atoms with Crippen LogP contribution in [-0.4, -0.2) is 15.7 Å². The van der Waals surface area contributed by atoms with Gasteiger partial charge in [-0.15, -0.1) is 0 Å². The molecule has 0 radical (unpaired) electrons. The zero-order valence-corrected chi connectivity index (χ0v) is 11.8. The Labute approximate surface area is 129 Å². The number of hydroxylamine groups is 1. The Balaban J connectivity index is 2.11. The topological polar surface area (TPSA) is 120 Å². The lowest BCUT2D eigenvalue weighted by atomic mass is 10.1. The number of aliphatic imine (C=N–C) groups is 1. The van der Waals surface area contributed by atoms with E-state index in [4.69, 9.17) is 4.84 Å². The summed E-state index contributed by atoms with van der Waals surface area (Å²) in [5.41, 5.74) is 3.65. The molecule has 3 rings (SSSR count). The minimum Gasteiger partial charge on any atom is -0.371 e. The van der Waals surface area contributed by atoms with Crippen molar-refractivity contribution in [1.29, 1.82) is 0 Å². The molecule has 2 aromatic rings. The average Bonchev–Trinajstić information content (AvgIpc) is 2.55. The molecule has 0 bridgehead atoms. The monoisotopic (exact) mass is 314 g/mol. The lowest BCUT2D eigenvalue weighted by molar-refractivity contribution is -0.386. The summed E-state index contributed by atoms with van der Waals surface area (Å²) in [5, 5.41) is 21.9. The van der Waals surface area contributed by atoms with Crippen LogP contribution in [0, 0.1) is 27.2 Å². The van der Waals surface area contributed by atoms with Crippen LogP contribution in [0.2, 0.25) is 0 Å². The van der Waals surface area contributed by atoms with E-state index in [1.54, 1.807) is 19.1 Å². The SMILES string of the molecule is Cc1ccc([N+](=O)[O-])c2c1N=C(c1cccc([N+](=O)[O-])c1)NO2. The number of rotatable bonds is 3. The summed E-state index contributed by atoms with van der Waals surface area (Å²) >= 11 is 0. The molecule has 0 unspecified atom stereocenters. The van der Waals surface area contributed by atoms with Crippen LogP contribution >= 0.6 is 0 Å². The molecule has 0 amide bonds. The van der Waals surface area contributed by atoms with Crippen LogP contribution in [0.5, 0.6) is 5.75 Å². The highest BCUT2D eigenvalue weighted by Gasteiger charge is 2.26. The number of benzene rings is 2. The van der Waals surface area contributed by atoms with Gasteiger partial charge in [0.1, 0.15) is 5.69 Å². The van der Waals surface area contributed by atoms with E-state index in [9.17, 15) is 20.2 Å². The van der Waals surface area contributed by atoms with Crippen LogP contribution < -0.4 is 10.3 Å². The Kier molecular flexibility index (Phi) is 3.37. The Morgan fingerprint density at radius 1 is 1.13 bits per heavy atom. The summed E-state index contributed by atoms with van der Waals surface area (Å²) in [6, 6.07) is 8.75. The maximum atomic E-state index is 11.0. The number of aryl methyl sites for hydroxylation is 1. The lowest BCUT2D eigenvalue weighted by Crippen LogP contribution is -2.30. The molecule has 116 valence electrons. The number of fused-ring (bicyclic) bond motifs is 1. The molecule has 1 aliphatic heterocycles. The second kappa shape index (κ2) is 5.37. The first-order chi connectivity index (χ1) is 11.0. The fourth-order valence-corrected chi connectivity index (χ4v) is 2.17. The number of non-ortho nitro benzene ring substituents is 1. The molecule has 0 saturated heterocycles. The van der Waals surface area contributed by atoms with E-state index in [1.807, 2.05) is 0 Å². The smallest absolute Gasteiger partial charge is 0.316 e. The summed E-state index contributed by atoms with van der Waals surface area (Å²) in [4.78, 5) is 30.4. The molecule has 1 aliphatic rings. The van der Waals surface area contributed by atoms with Gasteiger partial charge >= 0.3 is 5.69 Å². The third-order valence-corrected chi connectivity index (χ3v) is 3.31. The Hall–Kier alpha value is -3.49. The first kappa shape index (κ1) is 14.4. The fraction of sp³-hybridized carbons (Fsp3) is 0.0714. The standard InChI is InChI=1S/C14H10N4O5/c1-8-5-6-11(18(21)22)13-12(8)15-14(16-23-13)9-3-2-4-10(7-9)17(19)20/h2-7H,1H3,(H,15,16). The number of amidine groups is 1. The van der Waals surface area contributed by atoms with Crippen molar-refractivity contribution in [3.63, 3.8) is 0 Å². The third-order valence-electron chi connectivity index (χ3n) is 3.31. The van der Waals surface area contributed by atoms with Gasteiger partial charge in [-0.3, -0.25) is 20.2 Å². The van der Waals surface area contributed by atoms with Crippen molar-refractivity contribution in [2.75, 3.05) is 0 Å². The van der Waals surface area contributed by atoms with Gasteiger partial charge in [-0.05, 0) is 12.5 Å². The van der Waals surface area contributed by atoms with E-state index < -0.39 is 9.85 Å². The Bertz CT molecular complexity index is 862. The molecule has 0 fully saturated rings. The molecule has 9 nitrogen and oxygen atoms in total. The van der Waals surface area contributed by atoms with Crippen LogP contribution in [0.25, 0.3) is 0 Å². The first-order valence-corrected chi connectivity index (χ1v) is 6.52. The predicted molar refractivity (Wildman–Crippen MR) is 80.9 cm³/mol. The number of nitro groups is 2. The van der Waals surface area contributed by atoms with Crippen molar-refractivity contribution in [3.05, 3.63) is 67.8 Å². The van der Waals surface area contributed by atoms with Gasteiger partial charge in [0.25, 0.3) is 11.4 Å². The molecule has 0 aliphatic carbocycles. The van der Waals surface area contributed by atoms with Crippen molar-refractivity contribution < 1.29 is 14.7 Å². The Morgan fingerprint density at radius 3 is 2.61 bits per heavy atom. The van der Waals surface area contributed by atoms with Crippen molar-refractivity contribution in [3.8, 4) is 5.75 Å². The third kappa shape index (κ3) is 2.55. The molecule has 0 spiro atoms. The zero-order valence-electron chi connectivity index (χ0n) is 11.8. The minimum absolute atomic E-state index is 0.0178. The first-order valence-electron chi connectivity index (χ1n) is 6.52. The summed E-state index contributed by atoms with van der Waals surface area (Å²) in [7, 11) is 0. The van der Waals surface area contributed by atoms with E-state index in [0.29, 0.717) is 16.8 Å². The molecule has 9 heteroatoms. The number of nitrogens with one attached hydrogen (secondary N) is 1. The number of nitro benzene ring substituents is 2. The largest absolute Gasteiger partial charge is 0.371 e. The highest BCUT2D eigenvalue weighted by atomic mass is 16.7. The molecule has 0 atom stereocenters. The van der Waals surface area contributed by atoms with Gasteiger partial charge in [0.05, 0.1) is 9.85 Å². The molecule has 23 heavy (non-hydrogen) atoms. The van der Waals surface area contributed by atoms with Crippen LogP contribution in [0.4, 0.5) is 17.1 Å². The number of hydrogen-bond acceptors (Lipinski definition) is 7. The van der Waals surface area contributed by atoms with Crippen molar-refractivity contribution in [1.82, 2.24) is 5.48 Å². The van der Waals surface area contributed by atoms with Crippen molar-refractivity contribution in [2.24, 2.45) is 4.99 Å². The van der Waals surface area contributed by atoms with Crippen molar-refractivity contribution in [2.45, 2.75) is 6.92 Å². The summed E-state index contributed by atoms with van der Waals surface area (Å²) < 4.78 is 0. The Morgan fingerprint density at radius 2 is 1.91 bits per heavy atom. The molecular formula is C14H10N4O5. The van der Waals surface area contributed by atoms with Gasteiger partial charge in [-0.25, -0.2) is 10.5 Å². The van der Waals surface area contributed by atoms with Gasteiger partial charge in [-0.2, -0.15) is 0 Å². The maximum Gasteiger partial charge on any atom is 0.316 e. The molecule has 0 saturated carbocycles. The van der Waals surface area contributed by atoms with E-state index in [-0.39, 0.29) is 23.0 Å². The van der Waals surface area contributed by atoms with Crippen LogP contribution in [0.1, 0.15) is 11.1 Å². The number of nitrogens with zero attached hydrogens (tertiary/aromatic N) is 3. The summed E-state index contributed by atoms with van der Waals surface area (Å²) in [6.07, 6.45) is 0. The highest BCUT2D eigenvalue weighted by molar-refractivity contribution is 6.02. The van der Waals surface area contributed by atoms with E-state index >= 15 is 0 Å². The van der Waals surface area contributed by atoms with Gasteiger partial charge in [0.2, 0.25) is 0 Å². The second-order valence-electron chi connectivity index (χ2n) is 4.81. The van der Waals surface area contributed by atoms with E-state index in [0.717, 1.165) is 0 Å². The molecule has 2 aromatic carbocycles. The highest BCUT2D eigenvalue weighted by Crippen LogP contribution is 2.41.